The summed E-state index contributed by atoms with van der Waals surface area (Å²) in [5, 5.41) is 5.74. The van der Waals surface area contributed by atoms with E-state index in [2.05, 4.69) is 31.4 Å². The van der Waals surface area contributed by atoms with Crippen LogP contribution in [0.1, 0.15) is 40.2 Å². The summed E-state index contributed by atoms with van der Waals surface area (Å²) in [7, 11) is 0. The molecule has 0 aliphatic heterocycles. The van der Waals surface area contributed by atoms with Crippen molar-refractivity contribution in [1.82, 2.24) is 10.6 Å². The van der Waals surface area contributed by atoms with E-state index in [4.69, 9.17) is 9.47 Å². The topological polar surface area (TPSA) is 59.6 Å². The molecule has 23 heavy (non-hydrogen) atoms. The highest BCUT2D eigenvalue weighted by atomic mass is 16.5. The van der Waals surface area contributed by atoms with E-state index in [1.807, 2.05) is 32.0 Å². The second kappa shape index (κ2) is 9.28. The Bertz CT molecular complexity index is 496. The zero-order valence-electron chi connectivity index (χ0n) is 15.0. The number of rotatable bonds is 8. The van der Waals surface area contributed by atoms with Gasteiger partial charge >= 0.3 is 6.03 Å². The van der Waals surface area contributed by atoms with E-state index in [1.165, 1.54) is 0 Å². The Morgan fingerprint density at radius 3 is 2.30 bits per heavy atom. The summed E-state index contributed by atoms with van der Waals surface area (Å²) in [6.45, 7) is 12.6. The molecule has 1 rings (SSSR count). The largest absolute Gasteiger partial charge is 0.490 e. The molecule has 0 radical (unpaired) electrons. The van der Waals surface area contributed by atoms with Crippen LogP contribution >= 0.6 is 0 Å². The molecular weight excluding hydrogens is 292 g/mol. The first kappa shape index (κ1) is 19.1. The molecule has 0 saturated carbocycles. The summed E-state index contributed by atoms with van der Waals surface area (Å²) in [5.74, 6) is 1.51. The lowest BCUT2D eigenvalue weighted by Gasteiger charge is -2.19. The van der Waals surface area contributed by atoms with E-state index in [1.54, 1.807) is 0 Å². The Kier molecular flexibility index (Phi) is 7.72. The molecule has 0 fully saturated rings. The second-order valence-electron chi connectivity index (χ2n) is 6.57. The first-order valence-electron chi connectivity index (χ1n) is 8.26. The van der Waals surface area contributed by atoms with Crippen LogP contribution in [0.4, 0.5) is 4.79 Å². The van der Waals surface area contributed by atoms with E-state index >= 15 is 0 Å². The molecule has 5 heteroatoms. The molecule has 0 spiro atoms. The van der Waals surface area contributed by atoms with Crippen LogP contribution in [-0.2, 0) is 6.42 Å². The van der Waals surface area contributed by atoms with Crippen LogP contribution in [0.3, 0.4) is 0 Å². The highest BCUT2D eigenvalue weighted by molar-refractivity contribution is 5.73. The maximum Gasteiger partial charge on any atom is 0.314 e. The maximum absolute atomic E-state index is 11.7. The van der Waals surface area contributed by atoms with Crippen LogP contribution in [0, 0.1) is 5.41 Å². The molecule has 0 aliphatic rings. The first-order valence-corrected chi connectivity index (χ1v) is 8.26. The van der Waals surface area contributed by atoms with E-state index in [9.17, 15) is 4.79 Å². The fraction of sp³-hybridized carbons (Fsp3) is 0.611. The van der Waals surface area contributed by atoms with Gasteiger partial charge < -0.3 is 20.1 Å². The Hall–Kier alpha value is -1.91. The van der Waals surface area contributed by atoms with Crippen molar-refractivity contribution in [2.45, 2.75) is 41.0 Å². The van der Waals surface area contributed by atoms with Crippen LogP contribution in [0.5, 0.6) is 11.5 Å². The third-order valence-corrected chi connectivity index (χ3v) is 3.09. The number of benzene rings is 1. The minimum absolute atomic E-state index is 0.0822. The van der Waals surface area contributed by atoms with Crippen molar-refractivity contribution in [1.29, 1.82) is 0 Å². The molecule has 0 aromatic heterocycles. The van der Waals surface area contributed by atoms with E-state index in [-0.39, 0.29) is 11.4 Å². The van der Waals surface area contributed by atoms with Crippen molar-refractivity contribution in [3.8, 4) is 11.5 Å². The molecular formula is C18H30N2O3. The summed E-state index contributed by atoms with van der Waals surface area (Å²) < 4.78 is 11.2. The highest BCUT2D eigenvalue weighted by Gasteiger charge is 2.11. The number of urea groups is 1. The summed E-state index contributed by atoms with van der Waals surface area (Å²) in [4.78, 5) is 11.7. The van der Waals surface area contributed by atoms with Gasteiger partial charge in [-0.3, -0.25) is 0 Å². The van der Waals surface area contributed by atoms with Gasteiger partial charge in [-0.1, -0.05) is 26.8 Å². The number of carbonyl (C=O) groups is 1. The van der Waals surface area contributed by atoms with Crippen molar-refractivity contribution in [3.05, 3.63) is 23.8 Å². The van der Waals surface area contributed by atoms with Crippen LogP contribution in [0.15, 0.2) is 18.2 Å². The number of carbonyl (C=O) groups excluding carboxylic acids is 1. The van der Waals surface area contributed by atoms with E-state index < -0.39 is 0 Å². The maximum atomic E-state index is 11.7. The van der Waals surface area contributed by atoms with Gasteiger partial charge in [-0.05, 0) is 43.4 Å². The summed E-state index contributed by atoms with van der Waals surface area (Å²) in [6.07, 6.45) is 0.745. The number of nitrogens with one attached hydrogen (secondary N) is 2. The summed E-state index contributed by atoms with van der Waals surface area (Å²) >= 11 is 0. The molecule has 2 amide bonds. The second-order valence-corrected chi connectivity index (χ2v) is 6.57. The quantitative estimate of drug-likeness (QED) is 0.771. The van der Waals surface area contributed by atoms with Gasteiger partial charge in [0, 0.05) is 13.1 Å². The molecule has 130 valence electrons. The molecule has 0 atom stereocenters. The predicted octanol–water partition coefficient (Wildman–Crippen LogP) is 3.37. The van der Waals surface area contributed by atoms with Crippen LogP contribution in [0.2, 0.25) is 0 Å². The third-order valence-electron chi connectivity index (χ3n) is 3.09. The van der Waals surface area contributed by atoms with Crippen molar-refractivity contribution in [3.63, 3.8) is 0 Å². The van der Waals surface area contributed by atoms with E-state index in [0.29, 0.717) is 26.3 Å². The molecule has 2 N–H and O–H groups in total. The average molecular weight is 322 g/mol. The number of hydrogen-bond donors (Lipinski definition) is 2. The SMILES string of the molecule is CCOc1ccc(CCNC(=O)NCC(C)(C)C)cc1OCC. The van der Waals surface area contributed by atoms with Crippen molar-refractivity contribution < 1.29 is 14.3 Å². The zero-order chi connectivity index (χ0) is 17.3. The monoisotopic (exact) mass is 322 g/mol. The first-order chi connectivity index (χ1) is 10.9. The lowest BCUT2D eigenvalue weighted by Crippen LogP contribution is -2.40. The normalized spacial score (nSPS) is 11.0. The molecule has 0 bridgehead atoms. The van der Waals surface area contributed by atoms with Gasteiger partial charge in [-0.25, -0.2) is 4.79 Å². The van der Waals surface area contributed by atoms with Gasteiger partial charge in [0.25, 0.3) is 0 Å². The Balaban J connectivity index is 2.48. The Morgan fingerprint density at radius 1 is 1.04 bits per heavy atom. The smallest absolute Gasteiger partial charge is 0.314 e. The lowest BCUT2D eigenvalue weighted by atomic mass is 9.97. The fourth-order valence-electron chi connectivity index (χ4n) is 1.98. The molecule has 0 aliphatic carbocycles. The summed E-state index contributed by atoms with van der Waals surface area (Å²) in [6, 6.07) is 5.77. The van der Waals surface area contributed by atoms with Crippen molar-refractivity contribution in [2.24, 2.45) is 5.41 Å². The molecule has 5 nitrogen and oxygen atoms in total. The average Bonchev–Trinajstić information content (AvgIpc) is 2.47. The Morgan fingerprint density at radius 2 is 1.70 bits per heavy atom. The van der Waals surface area contributed by atoms with Crippen molar-refractivity contribution in [2.75, 3.05) is 26.3 Å². The molecule has 0 heterocycles. The van der Waals surface area contributed by atoms with Crippen molar-refractivity contribution >= 4 is 6.03 Å². The lowest BCUT2D eigenvalue weighted by molar-refractivity contribution is 0.235. The minimum Gasteiger partial charge on any atom is -0.490 e. The zero-order valence-corrected chi connectivity index (χ0v) is 15.0. The number of amides is 2. The van der Waals surface area contributed by atoms with Gasteiger partial charge in [-0.15, -0.1) is 0 Å². The van der Waals surface area contributed by atoms with E-state index in [0.717, 1.165) is 23.5 Å². The number of ether oxygens (including phenoxy) is 2. The van der Waals surface area contributed by atoms with Gasteiger partial charge in [0.2, 0.25) is 0 Å². The number of hydrogen-bond acceptors (Lipinski definition) is 3. The minimum atomic E-state index is -0.129. The van der Waals surface area contributed by atoms with Crippen LogP contribution < -0.4 is 20.1 Å². The molecule has 0 saturated heterocycles. The Labute approximate surface area is 139 Å². The summed E-state index contributed by atoms with van der Waals surface area (Å²) in [5.41, 5.74) is 1.19. The van der Waals surface area contributed by atoms with Gasteiger partial charge in [0.05, 0.1) is 13.2 Å². The standard InChI is InChI=1S/C18H30N2O3/c1-6-22-15-9-8-14(12-16(15)23-7-2)10-11-19-17(21)20-13-18(3,4)5/h8-9,12H,6-7,10-11,13H2,1-5H3,(H2,19,20,21). The highest BCUT2D eigenvalue weighted by Crippen LogP contribution is 2.28. The third kappa shape index (κ3) is 7.77. The molecule has 1 aromatic carbocycles. The van der Waals surface area contributed by atoms with Gasteiger partial charge in [0.1, 0.15) is 0 Å². The van der Waals surface area contributed by atoms with Crippen LogP contribution in [0.25, 0.3) is 0 Å². The molecule has 0 unspecified atom stereocenters. The fourth-order valence-corrected chi connectivity index (χ4v) is 1.98. The van der Waals surface area contributed by atoms with Crippen LogP contribution in [-0.4, -0.2) is 32.3 Å². The molecule has 1 aromatic rings. The van der Waals surface area contributed by atoms with Gasteiger partial charge in [-0.2, -0.15) is 0 Å². The van der Waals surface area contributed by atoms with Gasteiger partial charge in [0.15, 0.2) is 11.5 Å². The predicted molar refractivity (Wildman–Crippen MR) is 93.3 cm³/mol.